The van der Waals surface area contributed by atoms with Gasteiger partial charge in [-0.25, -0.2) is 0 Å². The van der Waals surface area contributed by atoms with Crippen molar-refractivity contribution < 1.29 is 0 Å². The van der Waals surface area contributed by atoms with Crippen molar-refractivity contribution in [3.05, 3.63) is 53.3 Å². The summed E-state index contributed by atoms with van der Waals surface area (Å²) in [7, 11) is 0. The molecule has 2 N–H and O–H groups in total. The lowest BCUT2D eigenvalue weighted by atomic mass is 9.76. The zero-order valence-corrected chi connectivity index (χ0v) is 10.7. The number of nitrogens with zero attached hydrogens (tertiary/aromatic N) is 1. The molecule has 0 spiro atoms. The third-order valence-electron chi connectivity index (χ3n) is 3.83. The van der Waals surface area contributed by atoms with Gasteiger partial charge in [-0.05, 0) is 37.3 Å². The van der Waals surface area contributed by atoms with Crippen LogP contribution in [-0.4, -0.2) is 16.2 Å². The van der Waals surface area contributed by atoms with Crippen LogP contribution < -0.4 is 5.32 Å². The van der Waals surface area contributed by atoms with Crippen molar-refractivity contribution in [3.8, 4) is 0 Å². The maximum Gasteiger partial charge on any atom is 0.0490 e. The third-order valence-corrected chi connectivity index (χ3v) is 3.83. The molecule has 1 aromatic carbocycles. The average Bonchev–Trinajstić information content (AvgIpc) is 2.82. The van der Waals surface area contributed by atoms with Gasteiger partial charge in [0.15, 0.2) is 0 Å². The van der Waals surface area contributed by atoms with E-state index in [2.05, 4.69) is 46.7 Å². The third kappa shape index (κ3) is 2.46. The molecule has 0 bridgehead atoms. The predicted molar refractivity (Wildman–Crippen MR) is 72.4 cm³/mol. The van der Waals surface area contributed by atoms with Crippen LogP contribution in [0.4, 0.5) is 0 Å². The number of hydrogen-bond donors (Lipinski definition) is 2. The lowest BCUT2D eigenvalue weighted by molar-refractivity contribution is 0.288. The molecule has 1 aliphatic rings. The Balaban J connectivity index is 1.47. The minimum Gasteiger partial charge on any atom is -0.308 e. The van der Waals surface area contributed by atoms with E-state index < -0.39 is 0 Å². The molecule has 1 fully saturated rings. The van der Waals surface area contributed by atoms with E-state index in [4.69, 9.17) is 0 Å². The maximum atomic E-state index is 3.95. The first kappa shape index (κ1) is 11.5. The zero-order valence-electron chi connectivity index (χ0n) is 10.7. The lowest BCUT2D eigenvalue weighted by Crippen LogP contribution is -2.39. The SMILES string of the molecule is Cc1ccc(C2CC(NCc3ccn[nH]3)C2)cc1. The minimum absolute atomic E-state index is 0.652. The predicted octanol–water partition coefficient (Wildman–Crippen LogP) is 2.75. The Morgan fingerprint density at radius 1 is 1.22 bits per heavy atom. The van der Waals surface area contributed by atoms with E-state index in [0.717, 1.165) is 18.2 Å². The Kier molecular flexibility index (Phi) is 3.15. The summed E-state index contributed by atoms with van der Waals surface area (Å²) in [4.78, 5) is 0. The molecule has 3 nitrogen and oxygen atoms in total. The summed E-state index contributed by atoms with van der Waals surface area (Å²) in [5.74, 6) is 0.741. The molecule has 1 aliphatic carbocycles. The monoisotopic (exact) mass is 241 g/mol. The fourth-order valence-electron chi connectivity index (χ4n) is 2.53. The summed E-state index contributed by atoms with van der Waals surface area (Å²) < 4.78 is 0. The summed E-state index contributed by atoms with van der Waals surface area (Å²) >= 11 is 0. The summed E-state index contributed by atoms with van der Waals surface area (Å²) in [6.45, 7) is 3.03. The van der Waals surface area contributed by atoms with Crippen LogP contribution in [0.5, 0.6) is 0 Å². The highest BCUT2D eigenvalue weighted by atomic mass is 15.1. The smallest absolute Gasteiger partial charge is 0.0490 e. The van der Waals surface area contributed by atoms with Crippen LogP contribution in [0, 0.1) is 6.92 Å². The number of hydrogen-bond acceptors (Lipinski definition) is 2. The van der Waals surface area contributed by atoms with Crippen molar-refractivity contribution in [3.63, 3.8) is 0 Å². The Labute approximate surface area is 108 Å². The minimum atomic E-state index is 0.652. The van der Waals surface area contributed by atoms with Crippen LogP contribution >= 0.6 is 0 Å². The van der Waals surface area contributed by atoms with Crippen LogP contribution in [0.15, 0.2) is 36.5 Å². The molecule has 0 aliphatic heterocycles. The molecule has 3 heteroatoms. The van der Waals surface area contributed by atoms with E-state index in [1.165, 1.54) is 24.0 Å². The van der Waals surface area contributed by atoms with Crippen LogP contribution in [0.1, 0.15) is 35.6 Å². The highest BCUT2D eigenvalue weighted by Crippen LogP contribution is 2.36. The molecule has 18 heavy (non-hydrogen) atoms. The van der Waals surface area contributed by atoms with E-state index >= 15 is 0 Å². The van der Waals surface area contributed by atoms with Gasteiger partial charge in [-0.2, -0.15) is 5.10 Å². The van der Waals surface area contributed by atoms with Crippen molar-refractivity contribution in [2.75, 3.05) is 0 Å². The highest BCUT2D eigenvalue weighted by molar-refractivity contribution is 5.26. The Morgan fingerprint density at radius 2 is 2.00 bits per heavy atom. The second-order valence-corrected chi connectivity index (χ2v) is 5.24. The van der Waals surface area contributed by atoms with Gasteiger partial charge < -0.3 is 5.32 Å². The van der Waals surface area contributed by atoms with Crippen molar-refractivity contribution in [2.24, 2.45) is 0 Å². The van der Waals surface area contributed by atoms with E-state index in [1.807, 2.05) is 6.07 Å². The van der Waals surface area contributed by atoms with Gasteiger partial charge in [0, 0.05) is 24.5 Å². The van der Waals surface area contributed by atoms with Gasteiger partial charge in [0.1, 0.15) is 0 Å². The molecule has 3 rings (SSSR count). The molecule has 0 atom stereocenters. The van der Waals surface area contributed by atoms with Crippen LogP contribution in [0.25, 0.3) is 0 Å². The Bertz CT molecular complexity index is 481. The number of aromatic amines is 1. The van der Waals surface area contributed by atoms with Crippen molar-refractivity contribution in [2.45, 2.75) is 38.3 Å². The summed E-state index contributed by atoms with van der Waals surface area (Å²) in [6, 6.07) is 11.6. The normalized spacial score (nSPS) is 22.7. The van der Waals surface area contributed by atoms with E-state index in [1.54, 1.807) is 6.20 Å². The molecule has 0 unspecified atom stereocenters. The van der Waals surface area contributed by atoms with Crippen LogP contribution in [0.3, 0.4) is 0 Å². The first-order valence-corrected chi connectivity index (χ1v) is 6.59. The second-order valence-electron chi connectivity index (χ2n) is 5.24. The summed E-state index contributed by atoms with van der Waals surface area (Å²) in [5.41, 5.74) is 3.99. The molecule has 1 heterocycles. The fourth-order valence-corrected chi connectivity index (χ4v) is 2.53. The van der Waals surface area contributed by atoms with Gasteiger partial charge in [-0.3, -0.25) is 5.10 Å². The molecule has 1 aromatic heterocycles. The van der Waals surface area contributed by atoms with E-state index in [9.17, 15) is 0 Å². The maximum absolute atomic E-state index is 3.95. The van der Waals surface area contributed by atoms with Crippen molar-refractivity contribution in [1.82, 2.24) is 15.5 Å². The first-order valence-electron chi connectivity index (χ1n) is 6.59. The van der Waals surface area contributed by atoms with E-state index in [-0.39, 0.29) is 0 Å². The number of nitrogens with one attached hydrogen (secondary N) is 2. The average molecular weight is 241 g/mol. The summed E-state index contributed by atoms with van der Waals surface area (Å²) in [6.07, 6.45) is 4.29. The van der Waals surface area contributed by atoms with Gasteiger partial charge in [-0.1, -0.05) is 29.8 Å². The van der Waals surface area contributed by atoms with E-state index in [0.29, 0.717) is 6.04 Å². The van der Waals surface area contributed by atoms with Crippen molar-refractivity contribution in [1.29, 1.82) is 0 Å². The lowest BCUT2D eigenvalue weighted by Gasteiger charge is -2.36. The molecule has 1 saturated carbocycles. The van der Waals surface area contributed by atoms with Gasteiger partial charge in [0.25, 0.3) is 0 Å². The summed E-state index contributed by atoms with van der Waals surface area (Å²) in [5, 5.41) is 10.5. The first-order chi connectivity index (χ1) is 8.81. The van der Waals surface area contributed by atoms with Gasteiger partial charge in [0.05, 0.1) is 0 Å². The highest BCUT2D eigenvalue weighted by Gasteiger charge is 2.29. The molecular weight excluding hydrogens is 222 g/mol. The van der Waals surface area contributed by atoms with Crippen LogP contribution in [-0.2, 0) is 6.54 Å². The fraction of sp³-hybridized carbons (Fsp3) is 0.400. The number of benzene rings is 1. The Morgan fingerprint density at radius 3 is 2.67 bits per heavy atom. The molecule has 0 amide bonds. The number of rotatable bonds is 4. The van der Waals surface area contributed by atoms with Gasteiger partial charge in [0.2, 0.25) is 0 Å². The van der Waals surface area contributed by atoms with Crippen LogP contribution in [0.2, 0.25) is 0 Å². The molecule has 2 aromatic rings. The number of H-pyrrole nitrogens is 1. The Hall–Kier alpha value is -1.61. The number of aromatic nitrogens is 2. The molecule has 0 saturated heterocycles. The second kappa shape index (κ2) is 4.94. The quantitative estimate of drug-likeness (QED) is 0.864. The zero-order chi connectivity index (χ0) is 12.4. The molecule has 94 valence electrons. The molecule has 0 radical (unpaired) electrons. The number of aryl methyl sites for hydroxylation is 1. The van der Waals surface area contributed by atoms with Gasteiger partial charge in [-0.15, -0.1) is 0 Å². The standard InChI is InChI=1S/C15H19N3/c1-11-2-4-12(5-3-11)13-8-15(9-13)16-10-14-6-7-17-18-14/h2-7,13,15-16H,8-10H2,1H3,(H,17,18). The molecular formula is C15H19N3. The topological polar surface area (TPSA) is 40.7 Å². The largest absolute Gasteiger partial charge is 0.308 e. The van der Waals surface area contributed by atoms with Gasteiger partial charge >= 0.3 is 0 Å². The van der Waals surface area contributed by atoms with Crippen molar-refractivity contribution >= 4 is 0 Å².